The Kier molecular flexibility index (Phi) is 5.39. The second kappa shape index (κ2) is 7.49. The third kappa shape index (κ3) is 3.15. The second-order valence-electron chi connectivity index (χ2n) is 10.6. The molecule has 8 atom stereocenters. The van der Waals surface area contributed by atoms with Crippen LogP contribution in [0.4, 0.5) is 0 Å². The molecule has 0 amide bonds. The molecule has 0 heterocycles. The zero-order valence-corrected chi connectivity index (χ0v) is 19.0. The molecule has 4 rings (SSSR count). The molecule has 0 spiro atoms. The number of fused-ring (bicyclic) bond motifs is 5. The number of ether oxygens (including phenoxy) is 2. The largest absolute Gasteiger partial charge is 0.458 e. The van der Waals surface area contributed by atoms with Crippen LogP contribution in [0.3, 0.4) is 0 Å². The summed E-state index contributed by atoms with van der Waals surface area (Å²) in [5.41, 5.74) is 1.56. The first-order chi connectivity index (χ1) is 14.1. The lowest BCUT2D eigenvalue weighted by Gasteiger charge is -2.63. The molecule has 0 aliphatic heterocycles. The summed E-state index contributed by atoms with van der Waals surface area (Å²) in [5.74, 6) is 0.381. The third-order valence-electron chi connectivity index (χ3n) is 9.32. The summed E-state index contributed by atoms with van der Waals surface area (Å²) >= 11 is 0. The van der Waals surface area contributed by atoms with E-state index in [-0.39, 0.29) is 40.4 Å². The van der Waals surface area contributed by atoms with Gasteiger partial charge in [-0.25, -0.2) is 0 Å². The van der Waals surface area contributed by atoms with E-state index in [2.05, 4.69) is 26.8 Å². The Morgan fingerprint density at radius 1 is 0.933 bits per heavy atom. The number of carbonyl (C=O) groups excluding carboxylic acids is 3. The summed E-state index contributed by atoms with van der Waals surface area (Å²) in [5, 5.41) is 0. The lowest BCUT2D eigenvalue weighted by atomic mass is 9.43. The van der Waals surface area contributed by atoms with Crippen molar-refractivity contribution in [1.82, 2.24) is 0 Å². The Labute approximate surface area is 179 Å². The van der Waals surface area contributed by atoms with E-state index >= 15 is 0 Å². The minimum absolute atomic E-state index is 0.0741. The average Bonchev–Trinajstić information content (AvgIpc) is 3.01. The average molecular weight is 417 g/mol. The number of hydrogen-bond acceptors (Lipinski definition) is 5. The number of hydrogen-bond donors (Lipinski definition) is 0. The third-order valence-corrected chi connectivity index (χ3v) is 9.32. The molecule has 4 saturated carbocycles. The maximum absolute atomic E-state index is 12.4. The van der Waals surface area contributed by atoms with Crippen LogP contribution in [0.5, 0.6) is 0 Å². The number of esters is 2. The predicted octanol–water partition coefficient (Wildman–Crippen LogP) is 4.63. The number of rotatable bonds is 2. The molecule has 4 aliphatic rings. The molecule has 0 saturated heterocycles. The van der Waals surface area contributed by atoms with E-state index in [0.29, 0.717) is 24.7 Å². The van der Waals surface area contributed by atoms with Gasteiger partial charge in [0.05, 0.1) is 0 Å². The van der Waals surface area contributed by atoms with Crippen LogP contribution in [0.1, 0.15) is 79.6 Å². The van der Waals surface area contributed by atoms with Crippen molar-refractivity contribution >= 4 is 17.7 Å². The molecule has 4 aliphatic carbocycles. The van der Waals surface area contributed by atoms with Gasteiger partial charge in [-0.1, -0.05) is 25.5 Å². The van der Waals surface area contributed by atoms with E-state index in [1.54, 1.807) is 0 Å². The Hall–Kier alpha value is -1.65. The van der Waals surface area contributed by atoms with Crippen LogP contribution in [-0.2, 0) is 23.9 Å². The van der Waals surface area contributed by atoms with Gasteiger partial charge in [-0.05, 0) is 61.7 Å². The molecule has 0 bridgehead atoms. The van der Waals surface area contributed by atoms with E-state index in [9.17, 15) is 14.4 Å². The van der Waals surface area contributed by atoms with Gasteiger partial charge in [0.15, 0.2) is 0 Å². The van der Waals surface area contributed by atoms with Crippen LogP contribution in [0, 0.1) is 34.5 Å². The number of ketones is 1. The van der Waals surface area contributed by atoms with Gasteiger partial charge in [0, 0.05) is 38.5 Å². The fourth-order valence-corrected chi connectivity index (χ4v) is 8.00. The maximum Gasteiger partial charge on any atom is 0.303 e. The van der Waals surface area contributed by atoms with Crippen LogP contribution in [-0.4, -0.2) is 29.9 Å². The van der Waals surface area contributed by atoms with Gasteiger partial charge in [0.1, 0.15) is 18.0 Å². The molecule has 30 heavy (non-hydrogen) atoms. The van der Waals surface area contributed by atoms with Gasteiger partial charge in [0.2, 0.25) is 0 Å². The Balaban J connectivity index is 1.83. The fraction of sp³-hybridized carbons (Fsp3) is 0.800. The first-order valence-electron chi connectivity index (χ1n) is 11.6. The molecule has 5 heteroatoms. The van der Waals surface area contributed by atoms with Crippen molar-refractivity contribution < 1.29 is 23.9 Å². The highest BCUT2D eigenvalue weighted by Crippen LogP contribution is 2.67. The summed E-state index contributed by atoms with van der Waals surface area (Å²) in [7, 11) is 0. The van der Waals surface area contributed by atoms with Crippen molar-refractivity contribution in [3.05, 3.63) is 11.6 Å². The van der Waals surface area contributed by atoms with Crippen molar-refractivity contribution in [3.63, 3.8) is 0 Å². The molecule has 4 unspecified atom stereocenters. The number of carbonyl (C=O) groups is 3. The highest BCUT2D eigenvalue weighted by Gasteiger charge is 2.66. The molecule has 0 aromatic heterocycles. The van der Waals surface area contributed by atoms with Crippen molar-refractivity contribution in [2.75, 3.05) is 0 Å². The highest BCUT2D eigenvalue weighted by atomic mass is 16.6. The second-order valence-corrected chi connectivity index (χ2v) is 10.6. The summed E-state index contributed by atoms with van der Waals surface area (Å²) in [6.45, 7) is 9.66. The summed E-state index contributed by atoms with van der Waals surface area (Å²) in [6, 6.07) is 0. The van der Waals surface area contributed by atoms with E-state index in [4.69, 9.17) is 9.47 Å². The molecule has 0 aromatic carbocycles. The monoisotopic (exact) mass is 416 g/mol. The maximum atomic E-state index is 12.4. The fourth-order valence-electron chi connectivity index (χ4n) is 8.00. The van der Waals surface area contributed by atoms with Crippen molar-refractivity contribution in [2.45, 2.75) is 91.8 Å². The van der Waals surface area contributed by atoms with Crippen LogP contribution >= 0.6 is 0 Å². The molecular weight excluding hydrogens is 380 g/mol. The van der Waals surface area contributed by atoms with Gasteiger partial charge in [-0.2, -0.15) is 0 Å². The van der Waals surface area contributed by atoms with Crippen LogP contribution in [0.25, 0.3) is 0 Å². The molecule has 166 valence electrons. The van der Waals surface area contributed by atoms with Crippen LogP contribution in [0.15, 0.2) is 11.6 Å². The molecular formula is C25H36O5. The molecule has 0 N–H and O–H groups in total. The molecule has 0 aromatic rings. The quantitative estimate of drug-likeness (QED) is 0.485. The SMILES string of the molecule is CC=C1CCC2C3C(CC[C@]12C)[C@@]1(C)CCC(=O)CC1[C@@H](OC(C)=O)[C@@H]3OC(C)=O. The minimum atomic E-state index is -0.543. The summed E-state index contributed by atoms with van der Waals surface area (Å²) < 4.78 is 11.9. The smallest absolute Gasteiger partial charge is 0.303 e. The van der Waals surface area contributed by atoms with Gasteiger partial charge < -0.3 is 9.47 Å². The first kappa shape index (κ1) is 21.6. The Bertz CT molecular complexity index is 784. The van der Waals surface area contributed by atoms with Crippen molar-refractivity contribution in [1.29, 1.82) is 0 Å². The van der Waals surface area contributed by atoms with Crippen LogP contribution < -0.4 is 0 Å². The van der Waals surface area contributed by atoms with Gasteiger partial charge in [-0.3, -0.25) is 14.4 Å². The zero-order valence-electron chi connectivity index (χ0n) is 19.0. The Morgan fingerprint density at radius 3 is 2.23 bits per heavy atom. The Morgan fingerprint density at radius 2 is 1.60 bits per heavy atom. The number of allylic oxidation sites excluding steroid dienone is 2. The lowest BCUT2D eigenvalue weighted by molar-refractivity contribution is -0.230. The normalized spacial score (nSPS) is 46.6. The molecule has 5 nitrogen and oxygen atoms in total. The van der Waals surface area contributed by atoms with Crippen molar-refractivity contribution in [2.24, 2.45) is 34.5 Å². The zero-order chi connectivity index (χ0) is 21.8. The van der Waals surface area contributed by atoms with Crippen molar-refractivity contribution in [3.8, 4) is 0 Å². The molecule has 4 fully saturated rings. The van der Waals surface area contributed by atoms with E-state index < -0.39 is 12.2 Å². The van der Waals surface area contributed by atoms with E-state index in [1.807, 2.05) is 0 Å². The summed E-state index contributed by atoms with van der Waals surface area (Å²) in [4.78, 5) is 36.7. The van der Waals surface area contributed by atoms with E-state index in [0.717, 1.165) is 32.1 Å². The lowest BCUT2D eigenvalue weighted by Crippen LogP contribution is -2.65. The van der Waals surface area contributed by atoms with Crippen LogP contribution in [0.2, 0.25) is 0 Å². The minimum Gasteiger partial charge on any atom is -0.458 e. The van der Waals surface area contributed by atoms with Gasteiger partial charge in [0.25, 0.3) is 0 Å². The molecule has 0 radical (unpaired) electrons. The topological polar surface area (TPSA) is 69.7 Å². The van der Waals surface area contributed by atoms with Gasteiger partial charge in [-0.15, -0.1) is 0 Å². The summed E-state index contributed by atoms with van der Waals surface area (Å²) in [6.07, 6.45) is 7.49. The highest BCUT2D eigenvalue weighted by molar-refractivity contribution is 5.80. The first-order valence-corrected chi connectivity index (χ1v) is 11.6. The van der Waals surface area contributed by atoms with Gasteiger partial charge >= 0.3 is 11.9 Å². The van der Waals surface area contributed by atoms with E-state index in [1.165, 1.54) is 19.4 Å². The predicted molar refractivity (Wildman–Crippen MR) is 112 cm³/mol. The standard InChI is InChI=1S/C25H36O5/c1-6-16-7-8-18-21-19(10-12-24(16,18)4)25(5)11-9-17(28)13-20(25)22(29-14(2)26)23(21)30-15(3)27/h6,18-23H,7-13H2,1-5H3/t18?,19?,20?,21?,22-,23-,24-,25-/m1/s1. The number of Topliss-reactive ketones (excluding diaryl/α,β-unsaturated/α-hetero) is 1.